The highest BCUT2D eigenvalue weighted by Crippen LogP contribution is 2.30. The van der Waals surface area contributed by atoms with Gasteiger partial charge in [0.15, 0.2) is 0 Å². The zero-order valence-corrected chi connectivity index (χ0v) is 10.5. The van der Waals surface area contributed by atoms with Crippen LogP contribution < -0.4 is 0 Å². The first-order valence-corrected chi connectivity index (χ1v) is 5.80. The minimum Gasteiger partial charge on any atom is -0.0616 e. The minimum atomic E-state index is 1.15. The van der Waals surface area contributed by atoms with Gasteiger partial charge >= 0.3 is 0 Å². The Bertz CT molecular complexity index is 486. The fourth-order valence-corrected chi connectivity index (χ4v) is 2.20. The molecule has 0 aliphatic rings. The van der Waals surface area contributed by atoms with Gasteiger partial charge in [0.25, 0.3) is 0 Å². The Labute approximate surface area is 99.1 Å². The van der Waals surface area contributed by atoms with E-state index in [1.165, 1.54) is 22.3 Å². The van der Waals surface area contributed by atoms with Crippen LogP contribution in [0.25, 0.3) is 11.1 Å². The molecule has 2 aromatic rings. The monoisotopic (exact) mass is 260 g/mol. The van der Waals surface area contributed by atoms with Crippen molar-refractivity contribution in [3.05, 3.63) is 58.1 Å². The molecule has 0 spiro atoms. The molecular formula is C14H13Br. The lowest BCUT2D eigenvalue weighted by Crippen LogP contribution is -1.85. The molecule has 0 N–H and O–H groups in total. The molecule has 0 atom stereocenters. The zero-order valence-electron chi connectivity index (χ0n) is 8.92. The molecule has 0 unspecified atom stereocenters. The Hall–Kier alpha value is -1.08. The van der Waals surface area contributed by atoms with Crippen LogP contribution in [0.3, 0.4) is 0 Å². The molecule has 0 heterocycles. The van der Waals surface area contributed by atoms with Crippen LogP contribution >= 0.6 is 15.9 Å². The van der Waals surface area contributed by atoms with E-state index in [2.05, 4.69) is 66.2 Å². The summed E-state index contributed by atoms with van der Waals surface area (Å²) in [6.07, 6.45) is 0. The van der Waals surface area contributed by atoms with Crippen LogP contribution in [0.4, 0.5) is 0 Å². The molecular weight excluding hydrogens is 248 g/mol. The summed E-state index contributed by atoms with van der Waals surface area (Å²) in [5.74, 6) is 0. The Morgan fingerprint density at radius 3 is 2.33 bits per heavy atom. The van der Waals surface area contributed by atoms with Crippen molar-refractivity contribution < 1.29 is 0 Å². The molecule has 15 heavy (non-hydrogen) atoms. The van der Waals surface area contributed by atoms with Gasteiger partial charge in [-0.2, -0.15) is 0 Å². The topological polar surface area (TPSA) is 0 Å². The van der Waals surface area contributed by atoms with Crippen LogP contribution in [0.5, 0.6) is 0 Å². The van der Waals surface area contributed by atoms with E-state index in [4.69, 9.17) is 0 Å². The summed E-state index contributed by atoms with van der Waals surface area (Å²) in [7, 11) is 0. The Kier molecular flexibility index (Phi) is 2.92. The summed E-state index contributed by atoms with van der Waals surface area (Å²) in [4.78, 5) is 0. The fourth-order valence-electron chi connectivity index (χ4n) is 1.71. The fraction of sp³-hybridized carbons (Fsp3) is 0.143. The molecule has 0 radical (unpaired) electrons. The van der Waals surface area contributed by atoms with Crippen LogP contribution in [0.2, 0.25) is 0 Å². The SMILES string of the molecule is Cc1ccc(C)c(-c2ccccc2Br)c1. The number of benzene rings is 2. The van der Waals surface area contributed by atoms with Crippen LogP contribution in [0.1, 0.15) is 11.1 Å². The van der Waals surface area contributed by atoms with Crippen LogP contribution in [0.15, 0.2) is 46.9 Å². The largest absolute Gasteiger partial charge is 0.0616 e. The number of halogens is 1. The van der Waals surface area contributed by atoms with Crippen molar-refractivity contribution in [3.63, 3.8) is 0 Å². The van der Waals surface area contributed by atoms with E-state index in [0.29, 0.717) is 0 Å². The van der Waals surface area contributed by atoms with Gasteiger partial charge in [-0.25, -0.2) is 0 Å². The van der Waals surface area contributed by atoms with Gasteiger partial charge in [-0.1, -0.05) is 57.9 Å². The first kappa shape index (κ1) is 10.4. The Balaban J connectivity index is 2.64. The molecule has 2 aromatic carbocycles. The summed E-state index contributed by atoms with van der Waals surface area (Å²) < 4.78 is 1.15. The Morgan fingerprint density at radius 2 is 1.60 bits per heavy atom. The van der Waals surface area contributed by atoms with Crippen molar-refractivity contribution in [3.8, 4) is 11.1 Å². The highest BCUT2D eigenvalue weighted by Gasteiger charge is 2.04. The first-order chi connectivity index (χ1) is 7.18. The Morgan fingerprint density at radius 1 is 0.867 bits per heavy atom. The summed E-state index contributed by atoms with van der Waals surface area (Å²) in [6.45, 7) is 4.27. The molecule has 2 rings (SSSR count). The lowest BCUT2D eigenvalue weighted by atomic mass is 9.99. The van der Waals surface area contributed by atoms with Gasteiger partial charge in [-0.05, 0) is 36.6 Å². The maximum Gasteiger partial charge on any atom is 0.0253 e. The van der Waals surface area contributed by atoms with Gasteiger partial charge < -0.3 is 0 Å². The van der Waals surface area contributed by atoms with Crippen molar-refractivity contribution in [2.75, 3.05) is 0 Å². The van der Waals surface area contributed by atoms with Gasteiger partial charge in [0, 0.05) is 4.47 Å². The summed E-state index contributed by atoms with van der Waals surface area (Å²) in [5.41, 5.74) is 5.18. The van der Waals surface area contributed by atoms with Crippen molar-refractivity contribution in [2.24, 2.45) is 0 Å². The van der Waals surface area contributed by atoms with E-state index >= 15 is 0 Å². The molecule has 0 aromatic heterocycles. The number of hydrogen-bond donors (Lipinski definition) is 0. The molecule has 0 saturated carbocycles. The highest BCUT2D eigenvalue weighted by molar-refractivity contribution is 9.10. The summed E-state index contributed by atoms with van der Waals surface area (Å²) >= 11 is 3.59. The van der Waals surface area contributed by atoms with Gasteiger partial charge in [0.2, 0.25) is 0 Å². The van der Waals surface area contributed by atoms with E-state index in [-0.39, 0.29) is 0 Å². The minimum absolute atomic E-state index is 1.15. The maximum absolute atomic E-state index is 3.59. The second kappa shape index (κ2) is 4.19. The molecule has 0 nitrogen and oxygen atoms in total. The van der Waals surface area contributed by atoms with Crippen LogP contribution in [-0.4, -0.2) is 0 Å². The highest BCUT2D eigenvalue weighted by atomic mass is 79.9. The predicted molar refractivity (Wildman–Crippen MR) is 69.1 cm³/mol. The second-order valence-corrected chi connectivity index (χ2v) is 4.65. The molecule has 0 amide bonds. The van der Waals surface area contributed by atoms with Crippen molar-refractivity contribution in [2.45, 2.75) is 13.8 Å². The van der Waals surface area contributed by atoms with Gasteiger partial charge in [0.05, 0.1) is 0 Å². The third-order valence-corrected chi connectivity index (χ3v) is 3.25. The van der Waals surface area contributed by atoms with Crippen LogP contribution in [-0.2, 0) is 0 Å². The average Bonchev–Trinajstić information content (AvgIpc) is 2.23. The predicted octanol–water partition coefficient (Wildman–Crippen LogP) is 4.73. The summed E-state index contributed by atoms with van der Waals surface area (Å²) in [5, 5.41) is 0. The van der Waals surface area contributed by atoms with E-state index in [1.807, 2.05) is 6.07 Å². The van der Waals surface area contributed by atoms with Crippen molar-refractivity contribution in [1.29, 1.82) is 0 Å². The van der Waals surface area contributed by atoms with E-state index in [0.717, 1.165) is 4.47 Å². The lowest BCUT2D eigenvalue weighted by molar-refractivity contribution is 1.39. The third kappa shape index (κ3) is 2.13. The molecule has 0 aliphatic heterocycles. The number of hydrogen-bond acceptors (Lipinski definition) is 0. The second-order valence-electron chi connectivity index (χ2n) is 3.80. The lowest BCUT2D eigenvalue weighted by Gasteiger charge is -2.09. The molecule has 1 heteroatoms. The van der Waals surface area contributed by atoms with Gasteiger partial charge in [0.1, 0.15) is 0 Å². The van der Waals surface area contributed by atoms with Crippen LogP contribution in [0, 0.1) is 13.8 Å². The normalized spacial score (nSPS) is 10.3. The maximum atomic E-state index is 3.59. The molecule has 0 aliphatic carbocycles. The zero-order chi connectivity index (χ0) is 10.8. The van der Waals surface area contributed by atoms with Gasteiger partial charge in [-0.3, -0.25) is 0 Å². The van der Waals surface area contributed by atoms with E-state index < -0.39 is 0 Å². The molecule has 0 fully saturated rings. The van der Waals surface area contributed by atoms with E-state index in [9.17, 15) is 0 Å². The average molecular weight is 261 g/mol. The molecule has 0 saturated heterocycles. The van der Waals surface area contributed by atoms with Crippen molar-refractivity contribution >= 4 is 15.9 Å². The molecule has 0 bridgehead atoms. The standard InChI is InChI=1S/C14H13Br/c1-10-7-8-11(2)13(9-10)12-5-3-4-6-14(12)15/h3-9H,1-2H3. The molecule has 76 valence electrons. The van der Waals surface area contributed by atoms with Gasteiger partial charge in [-0.15, -0.1) is 0 Å². The van der Waals surface area contributed by atoms with E-state index in [1.54, 1.807) is 0 Å². The van der Waals surface area contributed by atoms with Crippen molar-refractivity contribution in [1.82, 2.24) is 0 Å². The first-order valence-electron chi connectivity index (χ1n) is 5.00. The smallest absolute Gasteiger partial charge is 0.0253 e. The number of aryl methyl sites for hydroxylation is 2. The summed E-state index contributed by atoms with van der Waals surface area (Å²) in [6, 6.07) is 14.9. The third-order valence-electron chi connectivity index (χ3n) is 2.56. The quantitative estimate of drug-likeness (QED) is 0.696. The number of rotatable bonds is 1.